The molecule has 0 aliphatic rings. The Morgan fingerprint density at radius 3 is 2.52 bits per heavy atom. The first-order chi connectivity index (χ1) is 9.60. The summed E-state index contributed by atoms with van der Waals surface area (Å²) in [6.45, 7) is 6.15. The Bertz CT molecular complexity index is 537. The van der Waals surface area contributed by atoms with Gasteiger partial charge in [0.05, 0.1) is 16.6 Å². The zero-order chi connectivity index (χ0) is 16.2. The molecule has 0 aliphatic heterocycles. The monoisotopic (exact) mass is 296 g/mol. The number of nitrogens with zero attached hydrogens (tertiary/aromatic N) is 1. The van der Waals surface area contributed by atoms with E-state index in [0.717, 1.165) is 6.07 Å². The first kappa shape index (κ1) is 16.9. The van der Waals surface area contributed by atoms with Gasteiger partial charge in [-0.3, -0.25) is 10.1 Å². The molecule has 0 radical (unpaired) electrons. The number of rotatable bonds is 6. The number of benzene rings is 1. The molecule has 1 atom stereocenters. The molecule has 1 aromatic rings. The number of hydrogen-bond acceptors (Lipinski definition) is 5. The van der Waals surface area contributed by atoms with E-state index in [1.54, 1.807) is 0 Å². The van der Waals surface area contributed by atoms with Crippen molar-refractivity contribution in [2.75, 3.05) is 11.9 Å². The van der Waals surface area contributed by atoms with Gasteiger partial charge >= 0.3 is 5.97 Å². The van der Waals surface area contributed by atoms with E-state index in [2.05, 4.69) is 5.32 Å². The van der Waals surface area contributed by atoms with E-state index in [0.29, 0.717) is 6.42 Å². The lowest BCUT2D eigenvalue weighted by Gasteiger charge is -2.23. The third kappa shape index (κ3) is 5.39. The molecule has 3 N–H and O–H groups in total. The van der Waals surface area contributed by atoms with Crippen molar-refractivity contribution in [2.24, 2.45) is 5.41 Å². The number of carboxylic acids is 1. The van der Waals surface area contributed by atoms with Crippen LogP contribution in [-0.4, -0.2) is 33.8 Å². The number of nitrogens with one attached hydrogen (secondary N) is 1. The third-order valence-electron chi connectivity index (χ3n) is 2.82. The summed E-state index contributed by atoms with van der Waals surface area (Å²) in [5, 5.41) is 32.5. The molecule has 7 heteroatoms. The van der Waals surface area contributed by atoms with E-state index in [1.807, 2.05) is 20.8 Å². The van der Waals surface area contributed by atoms with E-state index >= 15 is 0 Å². The van der Waals surface area contributed by atoms with E-state index in [9.17, 15) is 20.0 Å². The van der Waals surface area contributed by atoms with Crippen LogP contribution in [0.5, 0.6) is 0 Å². The summed E-state index contributed by atoms with van der Waals surface area (Å²) >= 11 is 0. The molecule has 1 rings (SSSR count). The van der Waals surface area contributed by atoms with Gasteiger partial charge in [-0.15, -0.1) is 0 Å². The molecule has 0 saturated carbocycles. The van der Waals surface area contributed by atoms with E-state index in [1.165, 1.54) is 12.1 Å². The molecule has 0 amide bonds. The highest BCUT2D eigenvalue weighted by molar-refractivity contribution is 5.95. The average molecular weight is 296 g/mol. The Morgan fingerprint density at radius 2 is 2.05 bits per heavy atom. The fourth-order valence-corrected chi connectivity index (χ4v) is 1.98. The number of anilines is 1. The Balaban J connectivity index is 2.84. The largest absolute Gasteiger partial charge is 0.478 e. The minimum Gasteiger partial charge on any atom is -0.478 e. The number of nitro benzene ring substituents is 1. The molecule has 0 aliphatic carbocycles. The Morgan fingerprint density at radius 1 is 1.43 bits per heavy atom. The summed E-state index contributed by atoms with van der Waals surface area (Å²) in [5.41, 5.74) is -0.270. The second-order valence-electron chi connectivity index (χ2n) is 6.09. The smallest absolute Gasteiger partial charge is 0.338 e. The number of non-ortho nitro benzene ring substituents is 1. The lowest BCUT2D eigenvalue weighted by Crippen LogP contribution is -2.25. The van der Waals surface area contributed by atoms with Crippen LogP contribution in [-0.2, 0) is 0 Å². The van der Waals surface area contributed by atoms with Crippen LogP contribution >= 0.6 is 0 Å². The molecule has 7 nitrogen and oxygen atoms in total. The van der Waals surface area contributed by atoms with Gasteiger partial charge in [-0.05, 0) is 17.9 Å². The van der Waals surface area contributed by atoms with Crippen LogP contribution in [0.3, 0.4) is 0 Å². The fraction of sp³-hybridized carbons (Fsp3) is 0.500. The van der Waals surface area contributed by atoms with Crippen LogP contribution in [0.4, 0.5) is 11.4 Å². The number of aromatic carboxylic acids is 1. The molecule has 0 aromatic heterocycles. The van der Waals surface area contributed by atoms with Gasteiger partial charge in [-0.2, -0.15) is 0 Å². The SMILES string of the molecule is CC(C)(C)CC(O)CNc1ccc([N+](=O)[O-])cc1C(=O)O. The van der Waals surface area contributed by atoms with Gasteiger partial charge in [0.2, 0.25) is 0 Å². The molecule has 0 saturated heterocycles. The Kier molecular flexibility index (Phi) is 5.26. The first-order valence-corrected chi connectivity index (χ1v) is 6.54. The molecule has 0 bridgehead atoms. The molecule has 1 unspecified atom stereocenters. The number of aliphatic hydroxyl groups excluding tert-OH is 1. The van der Waals surface area contributed by atoms with Crippen molar-refractivity contribution in [1.29, 1.82) is 0 Å². The van der Waals surface area contributed by atoms with Crippen LogP contribution in [0.15, 0.2) is 18.2 Å². The van der Waals surface area contributed by atoms with Crippen molar-refractivity contribution in [3.63, 3.8) is 0 Å². The van der Waals surface area contributed by atoms with Gasteiger partial charge in [-0.1, -0.05) is 20.8 Å². The number of aliphatic hydroxyl groups is 1. The van der Waals surface area contributed by atoms with Crippen LogP contribution in [0.25, 0.3) is 0 Å². The van der Waals surface area contributed by atoms with Gasteiger partial charge in [0, 0.05) is 24.4 Å². The van der Waals surface area contributed by atoms with Gasteiger partial charge in [0.15, 0.2) is 0 Å². The highest BCUT2D eigenvalue weighted by Gasteiger charge is 2.19. The molecule has 116 valence electrons. The minimum atomic E-state index is -1.26. The number of nitro groups is 1. The molecular formula is C14H20N2O5. The highest BCUT2D eigenvalue weighted by Crippen LogP contribution is 2.24. The van der Waals surface area contributed by atoms with Crippen molar-refractivity contribution in [3.8, 4) is 0 Å². The average Bonchev–Trinajstić information content (AvgIpc) is 2.33. The second-order valence-corrected chi connectivity index (χ2v) is 6.09. The maximum atomic E-state index is 11.1. The van der Waals surface area contributed by atoms with Crippen molar-refractivity contribution >= 4 is 17.3 Å². The first-order valence-electron chi connectivity index (χ1n) is 6.54. The summed E-state index contributed by atoms with van der Waals surface area (Å²) in [5.74, 6) is -1.26. The van der Waals surface area contributed by atoms with E-state index < -0.39 is 17.0 Å². The van der Waals surface area contributed by atoms with Crippen LogP contribution in [0.1, 0.15) is 37.6 Å². The van der Waals surface area contributed by atoms with Gasteiger partial charge in [0.1, 0.15) is 0 Å². The highest BCUT2D eigenvalue weighted by atomic mass is 16.6. The van der Waals surface area contributed by atoms with Crippen molar-refractivity contribution in [2.45, 2.75) is 33.3 Å². The maximum Gasteiger partial charge on any atom is 0.338 e. The topological polar surface area (TPSA) is 113 Å². The summed E-state index contributed by atoms with van der Waals surface area (Å²) in [7, 11) is 0. The standard InChI is InChI=1S/C14H20N2O5/c1-14(2,3)7-10(17)8-15-12-5-4-9(16(20)21)6-11(12)13(18)19/h4-6,10,15,17H,7-8H2,1-3H3,(H,18,19). The molecule has 1 aromatic carbocycles. The lowest BCUT2D eigenvalue weighted by molar-refractivity contribution is -0.384. The molecule has 0 spiro atoms. The van der Waals surface area contributed by atoms with Crippen LogP contribution in [0.2, 0.25) is 0 Å². The fourth-order valence-electron chi connectivity index (χ4n) is 1.98. The molecule has 21 heavy (non-hydrogen) atoms. The Hall–Kier alpha value is -2.15. The summed E-state index contributed by atoms with van der Waals surface area (Å²) in [4.78, 5) is 21.2. The molecule has 0 fully saturated rings. The quantitative estimate of drug-likeness (QED) is 0.549. The van der Waals surface area contributed by atoms with Crippen molar-refractivity contribution in [3.05, 3.63) is 33.9 Å². The predicted molar refractivity (Wildman–Crippen MR) is 78.6 cm³/mol. The third-order valence-corrected chi connectivity index (χ3v) is 2.82. The number of carboxylic acid groups (broad SMARTS) is 1. The normalized spacial score (nSPS) is 12.8. The zero-order valence-electron chi connectivity index (χ0n) is 12.3. The van der Waals surface area contributed by atoms with Crippen LogP contribution in [0, 0.1) is 15.5 Å². The van der Waals surface area contributed by atoms with Gasteiger partial charge < -0.3 is 15.5 Å². The van der Waals surface area contributed by atoms with Crippen molar-refractivity contribution < 1.29 is 19.9 Å². The predicted octanol–water partition coefficient (Wildman–Crippen LogP) is 2.50. The zero-order valence-corrected chi connectivity index (χ0v) is 12.3. The number of hydrogen-bond donors (Lipinski definition) is 3. The number of carbonyl (C=O) groups is 1. The molecule has 0 heterocycles. The Labute approximate surface area is 122 Å². The minimum absolute atomic E-state index is 0.0494. The second kappa shape index (κ2) is 6.53. The maximum absolute atomic E-state index is 11.1. The summed E-state index contributed by atoms with van der Waals surface area (Å²) < 4.78 is 0. The van der Waals surface area contributed by atoms with Crippen molar-refractivity contribution in [1.82, 2.24) is 0 Å². The summed E-state index contributed by atoms with van der Waals surface area (Å²) in [6.07, 6.45) is -0.0862. The lowest BCUT2D eigenvalue weighted by atomic mass is 9.89. The van der Waals surface area contributed by atoms with E-state index in [4.69, 9.17) is 5.11 Å². The van der Waals surface area contributed by atoms with Gasteiger partial charge in [-0.25, -0.2) is 4.79 Å². The van der Waals surface area contributed by atoms with E-state index in [-0.39, 0.29) is 28.9 Å². The van der Waals surface area contributed by atoms with Crippen LogP contribution < -0.4 is 5.32 Å². The van der Waals surface area contributed by atoms with Gasteiger partial charge in [0.25, 0.3) is 5.69 Å². The summed E-state index contributed by atoms with van der Waals surface area (Å²) in [6, 6.07) is 3.57. The molecular weight excluding hydrogens is 276 g/mol.